The second-order valence-corrected chi connectivity index (χ2v) is 31.7. The average Bonchev–Trinajstić information content (AvgIpc) is 0.813. The zero-order valence-corrected chi connectivity index (χ0v) is 60.0. The standard InChI is InChI=1S/2C50H44/c1-49(2,3)35-25-21-33(22-26-35)37-29-31-47(41-15-9-7-13-39(37)41)45-19-11-18-44-43(45)17-12-20-46(44)48-32-30-38(40-14-8-10-16-42(40)48)34-23-27-36(28-24-34)50(4,5)6;1-49(2,3)43-25-21-33(22-26-43)35-13-15-39-31-41(19-17-37(39)29-35)45-9-7-12-48-46(10-8-11-47(45)48)42-20-18-38-30-36(14-16-40(38)32-42)34-23-27-44(28-24-34)50(4,5)6/h2*7-32H,1-6H3. The molecule has 16 rings (SSSR count). The summed E-state index contributed by atoms with van der Waals surface area (Å²) in [5.41, 5.74) is 26.1. The van der Waals surface area contributed by atoms with E-state index in [1.807, 2.05) is 0 Å². The third-order valence-electron chi connectivity index (χ3n) is 20.9. The van der Waals surface area contributed by atoms with Gasteiger partial charge in [-0.05, 0) is 222 Å². The van der Waals surface area contributed by atoms with Crippen LogP contribution < -0.4 is 0 Å². The molecule has 0 spiro atoms. The summed E-state index contributed by atoms with van der Waals surface area (Å²) in [5, 5.41) is 15.2. The topological polar surface area (TPSA) is 0 Å². The number of benzene rings is 16. The second kappa shape index (κ2) is 25.7. The molecule has 0 fully saturated rings. The minimum absolute atomic E-state index is 0.129. The SMILES string of the molecule is CC(C)(C)c1ccc(-c2ccc(-c3cccc4c(-c5ccc(-c6ccc(C(C)(C)C)cc6)c6ccccc56)cccc34)c3ccccc23)cc1.CC(C)(C)c1ccc(-c2ccc3cc(-c4cccc5c(-c6ccc7cc(-c8ccc(C(C)(C)C)cc8)ccc7c6)cccc45)ccc3c2)cc1. The largest absolute Gasteiger partial charge is 0.0616 e. The first kappa shape index (κ1) is 65.0. The fourth-order valence-corrected chi connectivity index (χ4v) is 15.0. The van der Waals surface area contributed by atoms with Gasteiger partial charge in [-0.1, -0.05) is 374 Å². The molecule has 0 aliphatic rings. The molecule has 0 N–H and O–H groups in total. The summed E-state index contributed by atoms with van der Waals surface area (Å²) in [5.74, 6) is 0. The summed E-state index contributed by atoms with van der Waals surface area (Å²) in [7, 11) is 0. The molecule has 0 saturated carbocycles. The van der Waals surface area contributed by atoms with Crippen molar-refractivity contribution in [2.75, 3.05) is 0 Å². The molecule has 0 atom stereocenters. The number of hydrogen-bond donors (Lipinski definition) is 0. The molecule has 0 heterocycles. The Kier molecular flexibility index (Phi) is 16.7. The minimum atomic E-state index is 0.129. The smallest absolute Gasteiger partial charge is 0.00987 e. The zero-order valence-electron chi connectivity index (χ0n) is 60.0. The first-order valence-corrected chi connectivity index (χ1v) is 35.7. The molecule has 0 amide bonds. The minimum Gasteiger partial charge on any atom is -0.0616 e. The highest BCUT2D eigenvalue weighted by atomic mass is 14.3. The average molecular weight is 1290 g/mol. The van der Waals surface area contributed by atoms with Crippen LogP contribution in [0.1, 0.15) is 105 Å². The van der Waals surface area contributed by atoms with Gasteiger partial charge in [-0.15, -0.1) is 0 Å². The first-order valence-electron chi connectivity index (χ1n) is 35.7. The van der Waals surface area contributed by atoms with E-state index < -0.39 is 0 Å². The van der Waals surface area contributed by atoms with Crippen molar-refractivity contribution in [2.45, 2.75) is 105 Å². The maximum absolute atomic E-state index is 2.34. The van der Waals surface area contributed by atoms with E-state index in [0.717, 1.165) is 0 Å². The molecule has 0 aliphatic heterocycles. The molecular weight excluding hydrogens is 1200 g/mol. The molecule has 0 aliphatic carbocycles. The van der Waals surface area contributed by atoms with Gasteiger partial charge in [-0.2, -0.15) is 0 Å². The maximum atomic E-state index is 2.34. The Morgan fingerprint density at radius 2 is 0.330 bits per heavy atom. The molecule has 100 heavy (non-hydrogen) atoms. The third-order valence-corrected chi connectivity index (χ3v) is 20.9. The van der Waals surface area contributed by atoms with Crippen LogP contribution in [0.5, 0.6) is 0 Å². The molecule has 0 radical (unpaired) electrons. The third kappa shape index (κ3) is 12.7. The Bertz CT molecular complexity index is 5390. The van der Waals surface area contributed by atoms with Crippen LogP contribution in [0.15, 0.2) is 315 Å². The van der Waals surface area contributed by atoms with E-state index in [-0.39, 0.29) is 21.7 Å². The molecule has 0 nitrogen and oxygen atoms in total. The summed E-state index contributed by atoms with van der Waals surface area (Å²) in [6, 6.07) is 118. The van der Waals surface area contributed by atoms with Crippen molar-refractivity contribution < 1.29 is 0 Å². The van der Waals surface area contributed by atoms with Gasteiger partial charge in [0.05, 0.1) is 0 Å². The molecule has 0 bridgehead atoms. The summed E-state index contributed by atoms with van der Waals surface area (Å²) in [4.78, 5) is 0. The molecule has 16 aromatic carbocycles. The van der Waals surface area contributed by atoms with Crippen molar-refractivity contribution in [3.63, 3.8) is 0 Å². The number of rotatable bonds is 8. The van der Waals surface area contributed by atoms with E-state index in [9.17, 15) is 0 Å². The van der Waals surface area contributed by atoms with Crippen LogP contribution in [0.4, 0.5) is 0 Å². The Balaban J connectivity index is 0.000000162. The van der Waals surface area contributed by atoms with Crippen molar-refractivity contribution in [3.8, 4) is 89.0 Å². The normalized spacial score (nSPS) is 12.2. The van der Waals surface area contributed by atoms with Gasteiger partial charge >= 0.3 is 0 Å². The number of hydrogen-bond acceptors (Lipinski definition) is 0. The van der Waals surface area contributed by atoms with Crippen LogP contribution in [0.25, 0.3) is 154 Å². The Morgan fingerprint density at radius 1 is 0.140 bits per heavy atom. The maximum Gasteiger partial charge on any atom is -0.00987 e. The van der Waals surface area contributed by atoms with Gasteiger partial charge in [0.25, 0.3) is 0 Å². The Morgan fingerprint density at radius 3 is 0.610 bits per heavy atom. The van der Waals surface area contributed by atoms with Gasteiger partial charge < -0.3 is 0 Å². The zero-order chi connectivity index (χ0) is 69.2. The van der Waals surface area contributed by atoms with Crippen molar-refractivity contribution >= 4 is 64.6 Å². The lowest BCUT2D eigenvalue weighted by molar-refractivity contribution is 0.590. The van der Waals surface area contributed by atoms with Gasteiger partial charge in [-0.3, -0.25) is 0 Å². The summed E-state index contributed by atoms with van der Waals surface area (Å²) >= 11 is 0. The van der Waals surface area contributed by atoms with E-state index in [0.29, 0.717) is 0 Å². The van der Waals surface area contributed by atoms with Gasteiger partial charge in [0, 0.05) is 0 Å². The first-order chi connectivity index (χ1) is 48.1. The Hall–Kier alpha value is -10.9. The molecule has 0 unspecified atom stereocenters. The predicted molar refractivity (Wildman–Crippen MR) is 436 cm³/mol. The van der Waals surface area contributed by atoms with Crippen molar-refractivity contribution in [1.29, 1.82) is 0 Å². The van der Waals surface area contributed by atoms with Crippen LogP contribution >= 0.6 is 0 Å². The van der Waals surface area contributed by atoms with Crippen LogP contribution in [-0.4, -0.2) is 0 Å². The van der Waals surface area contributed by atoms with Crippen LogP contribution in [-0.2, 0) is 21.7 Å². The Labute approximate surface area is 592 Å². The van der Waals surface area contributed by atoms with Gasteiger partial charge in [0.2, 0.25) is 0 Å². The van der Waals surface area contributed by atoms with Gasteiger partial charge in [0.1, 0.15) is 0 Å². The van der Waals surface area contributed by atoms with E-state index in [4.69, 9.17) is 0 Å². The van der Waals surface area contributed by atoms with Crippen LogP contribution in [0.3, 0.4) is 0 Å². The van der Waals surface area contributed by atoms with E-state index in [1.165, 1.54) is 176 Å². The lowest BCUT2D eigenvalue weighted by Gasteiger charge is -2.20. The van der Waals surface area contributed by atoms with E-state index in [2.05, 4.69) is 399 Å². The quantitative estimate of drug-likeness (QED) is 0.142. The molecule has 488 valence electrons. The molecule has 0 aromatic heterocycles. The van der Waals surface area contributed by atoms with Crippen molar-refractivity contribution in [1.82, 2.24) is 0 Å². The second-order valence-electron chi connectivity index (χ2n) is 31.7. The van der Waals surface area contributed by atoms with Crippen molar-refractivity contribution in [2.24, 2.45) is 0 Å². The molecule has 0 saturated heterocycles. The molecular formula is C100H88. The molecule has 0 heteroatoms. The highest BCUT2D eigenvalue weighted by Gasteiger charge is 2.21. The van der Waals surface area contributed by atoms with Crippen LogP contribution in [0.2, 0.25) is 0 Å². The number of fused-ring (bicyclic) bond motifs is 6. The van der Waals surface area contributed by atoms with E-state index in [1.54, 1.807) is 0 Å². The van der Waals surface area contributed by atoms with Crippen molar-refractivity contribution in [3.05, 3.63) is 338 Å². The van der Waals surface area contributed by atoms with Gasteiger partial charge in [0.15, 0.2) is 0 Å². The lowest BCUT2D eigenvalue weighted by Crippen LogP contribution is -2.10. The summed E-state index contributed by atoms with van der Waals surface area (Å²) in [6.07, 6.45) is 0. The summed E-state index contributed by atoms with van der Waals surface area (Å²) in [6.45, 7) is 27.2. The fourth-order valence-electron chi connectivity index (χ4n) is 15.0. The highest BCUT2D eigenvalue weighted by Crippen LogP contribution is 2.45. The van der Waals surface area contributed by atoms with Gasteiger partial charge in [-0.25, -0.2) is 0 Å². The van der Waals surface area contributed by atoms with Crippen LogP contribution in [0, 0.1) is 0 Å². The summed E-state index contributed by atoms with van der Waals surface area (Å²) < 4.78 is 0. The molecule has 16 aromatic rings. The lowest BCUT2D eigenvalue weighted by atomic mass is 9.84. The highest BCUT2D eigenvalue weighted by molar-refractivity contribution is 6.15. The van der Waals surface area contributed by atoms with E-state index >= 15 is 0 Å². The monoisotopic (exact) mass is 1290 g/mol. The fraction of sp³-hybridized carbons (Fsp3) is 0.160. The predicted octanol–water partition coefficient (Wildman–Crippen LogP) is 28.8.